The number of halogens is 3. The summed E-state index contributed by atoms with van der Waals surface area (Å²) in [6.45, 7) is 22.1. The van der Waals surface area contributed by atoms with Crippen LogP contribution in [0.25, 0.3) is 0 Å². The molecule has 0 saturated heterocycles. The molecule has 4 rings (SSSR count). The Morgan fingerprint density at radius 1 is 0.545 bits per heavy atom. The first kappa shape index (κ1) is 42.3. The van der Waals surface area contributed by atoms with E-state index in [1.165, 1.54) is 65.7 Å². The van der Waals surface area contributed by atoms with E-state index < -0.39 is 8.07 Å². The van der Waals surface area contributed by atoms with Crippen LogP contribution in [0.3, 0.4) is 0 Å². The molecule has 1 unspecified atom stereocenters. The summed E-state index contributed by atoms with van der Waals surface area (Å²) in [5.41, 5.74) is 11.1. The van der Waals surface area contributed by atoms with Crippen LogP contribution in [0, 0.1) is 47.6 Å². The molecule has 0 N–H and O–H groups in total. The second-order valence-corrected chi connectivity index (χ2v) is 16.0. The average molecular weight is 708 g/mol. The molecule has 8 heteroatoms. The zero-order valence-corrected chi connectivity index (χ0v) is 33.2. The van der Waals surface area contributed by atoms with Crippen molar-refractivity contribution in [2.24, 2.45) is 0 Å². The summed E-state index contributed by atoms with van der Waals surface area (Å²) in [6.07, 6.45) is 4.06. The third kappa shape index (κ3) is 6.46. The SMILES string of the molecule is COc1cc([Si](c2cc(C)c(C)c(OC)c2)(c2cc(C)c(C)c(OC)c2)C2(C)[C-]=C(C)C(C)=C2C)cc(C)c1C.[Cl-].[Cl-].[Cl-].[Ti+4]. The van der Waals surface area contributed by atoms with E-state index in [0.29, 0.717) is 0 Å². The van der Waals surface area contributed by atoms with E-state index in [9.17, 15) is 0 Å². The van der Waals surface area contributed by atoms with Crippen molar-refractivity contribution in [2.45, 2.75) is 74.3 Å². The van der Waals surface area contributed by atoms with Gasteiger partial charge in [-0.25, -0.2) is 5.57 Å². The van der Waals surface area contributed by atoms with Crippen molar-refractivity contribution in [1.82, 2.24) is 0 Å². The number of hydrogen-bond acceptors (Lipinski definition) is 3. The zero-order chi connectivity index (χ0) is 29.7. The fraction of sp³-hybridized carbons (Fsp3) is 0.389. The molecule has 44 heavy (non-hydrogen) atoms. The van der Waals surface area contributed by atoms with Gasteiger partial charge in [0.15, 0.2) is 0 Å². The Morgan fingerprint density at radius 3 is 1.07 bits per heavy atom. The van der Waals surface area contributed by atoms with E-state index in [1.54, 1.807) is 21.3 Å². The molecule has 1 aliphatic carbocycles. The molecule has 0 saturated carbocycles. The van der Waals surface area contributed by atoms with Crippen LogP contribution in [-0.4, -0.2) is 29.4 Å². The van der Waals surface area contributed by atoms with Crippen LogP contribution in [0.1, 0.15) is 61.1 Å². The van der Waals surface area contributed by atoms with Gasteiger partial charge in [0, 0.05) is 0 Å². The molecular formula is C36H45Cl3O3SiTi. The van der Waals surface area contributed by atoms with Gasteiger partial charge in [-0.2, -0.15) is 11.1 Å². The van der Waals surface area contributed by atoms with E-state index in [2.05, 4.69) is 112 Å². The molecule has 3 nitrogen and oxygen atoms in total. The Labute approximate surface area is 300 Å². The van der Waals surface area contributed by atoms with Gasteiger partial charge in [-0.05, 0) is 109 Å². The van der Waals surface area contributed by atoms with Gasteiger partial charge in [0.05, 0.1) is 21.3 Å². The third-order valence-corrected chi connectivity index (χ3v) is 15.3. The van der Waals surface area contributed by atoms with E-state index in [-0.39, 0.29) is 64.0 Å². The van der Waals surface area contributed by atoms with Crippen LogP contribution >= 0.6 is 0 Å². The first-order chi connectivity index (χ1) is 18.8. The number of hydrogen-bond donors (Lipinski definition) is 0. The molecule has 0 heterocycles. The predicted molar refractivity (Wildman–Crippen MR) is 171 cm³/mol. The predicted octanol–water partition coefficient (Wildman–Crippen LogP) is -2.10. The molecule has 236 valence electrons. The molecule has 1 atom stereocenters. The molecule has 0 spiro atoms. The van der Waals surface area contributed by atoms with Crippen LogP contribution in [0.5, 0.6) is 17.2 Å². The first-order valence-corrected chi connectivity index (χ1v) is 16.1. The van der Waals surface area contributed by atoms with Crippen molar-refractivity contribution < 1.29 is 73.1 Å². The monoisotopic (exact) mass is 706 g/mol. The third-order valence-electron chi connectivity index (χ3n) is 9.88. The van der Waals surface area contributed by atoms with Gasteiger partial charge in [0.1, 0.15) is 25.3 Å². The Bertz CT molecular complexity index is 1440. The summed E-state index contributed by atoms with van der Waals surface area (Å²) in [7, 11) is 2.32. The minimum absolute atomic E-state index is 0. The fourth-order valence-corrected chi connectivity index (χ4v) is 12.9. The largest absolute Gasteiger partial charge is 4.00 e. The van der Waals surface area contributed by atoms with Gasteiger partial charge in [-0.3, -0.25) is 6.08 Å². The van der Waals surface area contributed by atoms with Gasteiger partial charge in [0.25, 0.3) is 0 Å². The second-order valence-electron chi connectivity index (χ2n) is 11.7. The molecule has 0 aromatic heterocycles. The van der Waals surface area contributed by atoms with Crippen molar-refractivity contribution >= 4 is 23.6 Å². The van der Waals surface area contributed by atoms with E-state index in [1.807, 2.05) is 0 Å². The number of allylic oxidation sites excluding steroid dienone is 4. The van der Waals surface area contributed by atoms with Crippen molar-refractivity contribution in [3.8, 4) is 17.2 Å². The number of ether oxygens (including phenoxy) is 3. The smallest absolute Gasteiger partial charge is 1.00 e. The summed E-state index contributed by atoms with van der Waals surface area (Å²) < 4.78 is 18.0. The molecule has 1 aliphatic rings. The normalized spacial score (nSPS) is 15.7. The second kappa shape index (κ2) is 15.8. The van der Waals surface area contributed by atoms with E-state index >= 15 is 0 Å². The average Bonchev–Trinajstić information content (AvgIpc) is 3.12. The molecule has 3 aromatic rings. The maximum Gasteiger partial charge on any atom is 4.00 e. The quantitative estimate of drug-likeness (QED) is 0.160. The first-order valence-electron chi connectivity index (χ1n) is 14.1. The Morgan fingerprint density at radius 2 is 0.841 bits per heavy atom. The summed E-state index contributed by atoms with van der Waals surface area (Å²) in [6, 6.07) is 14.1. The maximum absolute atomic E-state index is 6.01. The van der Waals surface area contributed by atoms with Gasteiger partial charge in [-0.1, -0.05) is 44.0 Å². The van der Waals surface area contributed by atoms with E-state index in [4.69, 9.17) is 14.2 Å². The summed E-state index contributed by atoms with van der Waals surface area (Å²) in [4.78, 5) is 0. The van der Waals surface area contributed by atoms with Crippen molar-refractivity contribution in [3.63, 3.8) is 0 Å². The molecule has 0 fully saturated rings. The number of methoxy groups -OCH3 is 3. The minimum atomic E-state index is -3.00. The number of aryl methyl sites for hydroxylation is 3. The molecule has 0 radical (unpaired) electrons. The van der Waals surface area contributed by atoms with Crippen molar-refractivity contribution in [1.29, 1.82) is 0 Å². The maximum atomic E-state index is 6.01. The molecule has 0 amide bonds. The standard InChI is InChI=1S/C36H45O3Si.3ClH.Ti/c1-21-14-30(17-33(37-11)26(21)6)40(36(10)20-24(4)25(5)29(36)9,31-15-22(2)27(7)34(18-31)38-12)32-16-23(3)28(8)35(19-32)39-13;;;;/h14-19H,1-13H3;3*1H;/q-1;;;;+4/p-3. The molecule has 0 aliphatic heterocycles. The van der Waals surface area contributed by atoms with Gasteiger partial charge in [0.2, 0.25) is 0 Å². The molecule has 0 bridgehead atoms. The van der Waals surface area contributed by atoms with Crippen LogP contribution < -0.4 is 67.0 Å². The summed E-state index contributed by atoms with van der Waals surface area (Å²) in [5, 5.41) is 3.49. The van der Waals surface area contributed by atoms with Crippen molar-refractivity contribution in [2.75, 3.05) is 21.3 Å². The summed E-state index contributed by atoms with van der Waals surface area (Å²) in [5.74, 6) is 2.75. The molecular weight excluding hydrogens is 663 g/mol. The fourth-order valence-electron chi connectivity index (χ4n) is 6.73. The number of benzene rings is 3. The zero-order valence-electron chi connectivity index (χ0n) is 28.3. The van der Waals surface area contributed by atoms with Gasteiger partial charge >= 0.3 is 21.7 Å². The Kier molecular flexibility index (Phi) is 15.2. The van der Waals surface area contributed by atoms with E-state index in [0.717, 1.165) is 17.2 Å². The summed E-state index contributed by atoms with van der Waals surface area (Å²) >= 11 is 0. The topological polar surface area (TPSA) is 27.7 Å². The van der Waals surface area contributed by atoms with Crippen LogP contribution in [-0.2, 0) is 21.7 Å². The van der Waals surface area contributed by atoms with Gasteiger partial charge in [-0.15, -0.1) is 6.92 Å². The number of rotatable bonds is 7. The Hall–Kier alpha value is -1.66. The van der Waals surface area contributed by atoms with Crippen LogP contribution in [0.4, 0.5) is 0 Å². The van der Waals surface area contributed by atoms with Crippen LogP contribution in [0.15, 0.2) is 53.1 Å². The van der Waals surface area contributed by atoms with Crippen molar-refractivity contribution in [3.05, 3.63) is 92.6 Å². The van der Waals surface area contributed by atoms with Gasteiger partial charge < -0.3 is 51.4 Å². The molecule has 3 aromatic carbocycles. The minimum Gasteiger partial charge on any atom is -1.00 e. The van der Waals surface area contributed by atoms with Crippen LogP contribution in [0.2, 0.25) is 5.04 Å². The Balaban J connectivity index is 0.00000462.